The minimum Gasteiger partial charge on any atom is -0.490 e. The fourth-order valence-electron chi connectivity index (χ4n) is 2.24. The molecule has 0 heterocycles. The molecule has 0 unspecified atom stereocenters. The van der Waals surface area contributed by atoms with Crippen LogP contribution in [-0.4, -0.2) is 13.2 Å². The summed E-state index contributed by atoms with van der Waals surface area (Å²) in [5.41, 5.74) is 7.03. The maximum absolute atomic E-state index is 13.6. The van der Waals surface area contributed by atoms with E-state index in [1.807, 2.05) is 6.92 Å². The average Bonchev–Trinajstić information content (AvgIpc) is 2.33. The smallest absolute Gasteiger partial charge is 0.167 e. The fraction of sp³-hybridized carbons (Fsp3) is 0.600. The molecule has 3 N–H and O–H groups in total. The number of nitrogens with two attached hydrogens (primary N) is 1. The Hall–Kier alpha value is -1.45. The van der Waals surface area contributed by atoms with Crippen LogP contribution in [0.5, 0.6) is 5.75 Å². The Kier molecular flexibility index (Phi) is 4.88. The SMILES string of the molecule is CCCOc1cc(NCCC2CCC2)c(N)cc1F. The van der Waals surface area contributed by atoms with Gasteiger partial charge in [-0.2, -0.15) is 0 Å². The van der Waals surface area contributed by atoms with Crippen molar-refractivity contribution in [2.45, 2.75) is 39.0 Å². The van der Waals surface area contributed by atoms with E-state index in [1.165, 1.54) is 25.3 Å². The van der Waals surface area contributed by atoms with E-state index in [4.69, 9.17) is 10.5 Å². The number of rotatable bonds is 7. The molecule has 0 radical (unpaired) electrons. The predicted molar refractivity (Wildman–Crippen MR) is 77.0 cm³/mol. The van der Waals surface area contributed by atoms with Gasteiger partial charge < -0.3 is 15.8 Å². The summed E-state index contributed by atoms with van der Waals surface area (Å²) in [5, 5.41) is 3.28. The Bertz CT molecular complexity index is 419. The highest BCUT2D eigenvalue weighted by Gasteiger charge is 2.16. The molecule has 1 saturated carbocycles. The Morgan fingerprint density at radius 1 is 1.42 bits per heavy atom. The van der Waals surface area contributed by atoms with Crippen molar-refractivity contribution in [1.82, 2.24) is 0 Å². The largest absolute Gasteiger partial charge is 0.490 e. The minimum atomic E-state index is -0.393. The molecule has 1 aromatic rings. The van der Waals surface area contributed by atoms with Crippen molar-refractivity contribution in [2.24, 2.45) is 5.92 Å². The third-order valence-electron chi connectivity index (χ3n) is 3.66. The summed E-state index contributed by atoms with van der Waals surface area (Å²) in [5.74, 6) is 0.739. The molecular weight excluding hydrogens is 243 g/mol. The molecule has 2 rings (SSSR count). The molecule has 1 fully saturated rings. The lowest BCUT2D eigenvalue weighted by Crippen LogP contribution is -2.16. The normalized spacial score (nSPS) is 15.1. The van der Waals surface area contributed by atoms with E-state index in [-0.39, 0.29) is 5.75 Å². The number of anilines is 2. The number of benzene rings is 1. The van der Waals surface area contributed by atoms with Gasteiger partial charge in [0.05, 0.1) is 18.0 Å². The van der Waals surface area contributed by atoms with Crippen LogP contribution in [0, 0.1) is 11.7 Å². The van der Waals surface area contributed by atoms with Gasteiger partial charge in [-0.05, 0) is 18.8 Å². The van der Waals surface area contributed by atoms with E-state index in [2.05, 4.69) is 5.32 Å². The average molecular weight is 266 g/mol. The Morgan fingerprint density at radius 2 is 2.21 bits per heavy atom. The van der Waals surface area contributed by atoms with Crippen molar-refractivity contribution >= 4 is 11.4 Å². The molecule has 1 aliphatic rings. The van der Waals surface area contributed by atoms with Crippen molar-refractivity contribution in [3.05, 3.63) is 17.9 Å². The zero-order chi connectivity index (χ0) is 13.7. The van der Waals surface area contributed by atoms with Crippen LogP contribution in [0.25, 0.3) is 0 Å². The highest BCUT2D eigenvalue weighted by atomic mass is 19.1. The summed E-state index contributed by atoms with van der Waals surface area (Å²) < 4.78 is 19.0. The first-order chi connectivity index (χ1) is 9.20. The number of hydrogen-bond acceptors (Lipinski definition) is 3. The van der Waals surface area contributed by atoms with Crippen LogP contribution < -0.4 is 15.8 Å². The maximum atomic E-state index is 13.6. The number of nitrogen functional groups attached to an aromatic ring is 1. The van der Waals surface area contributed by atoms with Crippen LogP contribution in [0.2, 0.25) is 0 Å². The lowest BCUT2D eigenvalue weighted by molar-refractivity contribution is 0.301. The molecule has 19 heavy (non-hydrogen) atoms. The van der Waals surface area contributed by atoms with E-state index in [0.717, 1.165) is 31.0 Å². The summed E-state index contributed by atoms with van der Waals surface area (Å²) in [6.07, 6.45) is 6.05. The zero-order valence-electron chi connectivity index (χ0n) is 11.5. The van der Waals surface area contributed by atoms with Gasteiger partial charge in [-0.1, -0.05) is 26.2 Å². The summed E-state index contributed by atoms with van der Waals surface area (Å²) >= 11 is 0. The van der Waals surface area contributed by atoms with Gasteiger partial charge in [-0.25, -0.2) is 4.39 Å². The van der Waals surface area contributed by atoms with Crippen LogP contribution in [0.4, 0.5) is 15.8 Å². The summed E-state index contributed by atoms with van der Waals surface area (Å²) in [6, 6.07) is 3.00. The van der Waals surface area contributed by atoms with Crippen LogP contribution in [0.1, 0.15) is 39.0 Å². The quantitative estimate of drug-likeness (QED) is 0.738. The molecule has 0 bridgehead atoms. The summed E-state index contributed by atoms with van der Waals surface area (Å²) in [7, 11) is 0. The summed E-state index contributed by atoms with van der Waals surface area (Å²) in [4.78, 5) is 0. The molecule has 1 aliphatic carbocycles. The van der Waals surface area contributed by atoms with E-state index in [1.54, 1.807) is 6.07 Å². The first kappa shape index (κ1) is 14.0. The number of halogens is 1. The third-order valence-corrected chi connectivity index (χ3v) is 3.66. The molecule has 106 valence electrons. The minimum absolute atomic E-state index is 0.280. The fourth-order valence-corrected chi connectivity index (χ4v) is 2.24. The highest BCUT2D eigenvalue weighted by molar-refractivity contribution is 5.68. The zero-order valence-corrected chi connectivity index (χ0v) is 11.5. The van der Waals surface area contributed by atoms with Gasteiger partial charge in [0.1, 0.15) is 0 Å². The van der Waals surface area contributed by atoms with Gasteiger partial charge in [-0.15, -0.1) is 0 Å². The van der Waals surface area contributed by atoms with Crippen molar-refractivity contribution < 1.29 is 9.13 Å². The molecule has 4 heteroatoms. The van der Waals surface area contributed by atoms with Crippen LogP contribution in [-0.2, 0) is 0 Å². The lowest BCUT2D eigenvalue weighted by Gasteiger charge is -2.25. The molecule has 0 aromatic heterocycles. The molecule has 0 spiro atoms. The van der Waals surface area contributed by atoms with Crippen molar-refractivity contribution in [1.29, 1.82) is 0 Å². The molecule has 0 aliphatic heterocycles. The van der Waals surface area contributed by atoms with Gasteiger partial charge in [0, 0.05) is 18.7 Å². The number of ether oxygens (including phenoxy) is 1. The molecule has 1 aromatic carbocycles. The van der Waals surface area contributed by atoms with Gasteiger partial charge in [0.25, 0.3) is 0 Å². The van der Waals surface area contributed by atoms with Crippen LogP contribution in [0.15, 0.2) is 12.1 Å². The lowest BCUT2D eigenvalue weighted by atomic mass is 9.83. The van der Waals surface area contributed by atoms with Crippen molar-refractivity contribution in [3.63, 3.8) is 0 Å². The first-order valence-corrected chi connectivity index (χ1v) is 7.16. The van der Waals surface area contributed by atoms with E-state index in [0.29, 0.717) is 12.3 Å². The molecule has 0 amide bonds. The van der Waals surface area contributed by atoms with E-state index in [9.17, 15) is 4.39 Å². The molecular formula is C15H23FN2O. The van der Waals surface area contributed by atoms with E-state index >= 15 is 0 Å². The molecule has 3 nitrogen and oxygen atoms in total. The number of hydrogen-bond donors (Lipinski definition) is 2. The van der Waals surface area contributed by atoms with Gasteiger partial charge in [0.15, 0.2) is 11.6 Å². The number of nitrogens with one attached hydrogen (secondary N) is 1. The Labute approximate surface area is 114 Å². The maximum Gasteiger partial charge on any atom is 0.167 e. The van der Waals surface area contributed by atoms with Gasteiger partial charge in [-0.3, -0.25) is 0 Å². The second-order valence-electron chi connectivity index (χ2n) is 5.23. The van der Waals surface area contributed by atoms with Gasteiger partial charge >= 0.3 is 0 Å². The standard InChI is InChI=1S/C15H23FN2O/c1-2-8-19-15-10-14(13(17)9-12(15)16)18-7-6-11-4-3-5-11/h9-11,18H,2-8,17H2,1H3. The first-order valence-electron chi connectivity index (χ1n) is 7.16. The van der Waals surface area contributed by atoms with Crippen LogP contribution in [0.3, 0.4) is 0 Å². The van der Waals surface area contributed by atoms with Crippen molar-refractivity contribution in [2.75, 3.05) is 24.2 Å². The van der Waals surface area contributed by atoms with E-state index < -0.39 is 5.82 Å². The van der Waals surface area contributed by atoms with Crippen molar-refractivity contribution in [3.8, 4) is 5.75 Å². The molecule has 0 atom stereocenters. The monoisotopic (exact) mass is 266 g/mol. The predicted octanol–water partition coefficient (Wildman–Crippen LogP) is 3.80. The molecule has 0 saturated heterocycles. The second-order valence-corrected chi connectivity index (χ2v) is 5.23. The Morgan fingerprint density at radius 3 is 2.84 bits per heavy atom. The third kappa shape index (κ3) is 3.75. The van der Waals surface area contributed by atoms with Crippen LogP contribution >= 0.6 is 0 Å². The topological polar surface area (TPSA) is 47.3 Å². The van der Waals surface area contributed by atoms with Gasteiger partial charge in [0.2, 0.25) is 0 Å². The summed E-state index contributed by atoms with van der Waals surface area (Å²) in [6.45, 7) is 3.39. The Balaban J connectivity index is 1.93. The highest BCUT2D eigenvalue weighted by Crippen LogP contribution is 2.31. The second kappa shape index (κ2) is 6.64.